The molecule has 4 N–H and O–H groups in total. The minimum atomic E-state index is -1.41. The lowest BCUT2D eigenvalue weighted by Crippen LogP contribution is -2.32. The number of aliphatic hydroxyl groups excluding tert-OH is 1. The maximum Gasteiger partial charge on any atom is 0.338 e. The van der Waals surface area contributed by atoms with Gasteiger partial charge >= 0.3 is 11.9 Å². The summed E-state index contributed by atoms with van der Waals surface area (Å²) < 4.78 is 11.4. The molecule has 0 bridgehead atoms. The van der Waals surface area contributed by atoms with Gasteiger partial charge in [0.15, 0.2) is 0 Å². The summed E-state index contributed by atoms with van der Waals surface area (Å²) in [7, 11) is 0. The SMILES string of the molecule is Cc1nc(C)c(C(=O)O)c(-c2cc([N+](=O)[O-])ccc2OCCCCNCC(O)COc2ccccc2)c1C(=O)O. The van der Waals surface area contributed by atoms with Crippen LogP contribution in [-0.2, 0) is 0 Å². The summed E-state index contributed by atoms with van der Waals surface area (Å²) in [5.74, 6) is -2.04. The van der Waals surface area contributed by atoms with Crippen molar-refractivity contribution in [2.24, 2.45) is 0 Å². The monoisotopic (exact) mass is 553 g/mol. The van der Waals surface area contributed by atoms with Gasteiger partial charge in [-0.25, -0.2) is 9.59 Å². The van der Waals surface area contributed by atoms with E-state index in [0.717, 1.165) is 6.07 Å². The third-order valence-corrected chi connectivity index (χ3v) is 6.00. The number of carbonyl (C=O) groups is 2. The molecule has 1 unspecified atom stereocenters. The zero-order valence-corrected chi connectivity index (χ0v) is 22.1. The minimum Gasteiger partial charge on any atom is -0.493 e. The standard InChI is InChI=1S/C28H31N3O9/c1-17-24(27(33)34)26(25(28(35)36)18(2)30-17)22-14-19(31(37)38)10-11-23(22)39-13-7-6-12-29-15-20(32)16-40-21-8-4-3-5-9-21/h3-5,8-11,14,20,29,32H,6-7,12-13,15-16H2,1-2H3,(H,33,34)(H,35,36). The Kier molecular flexibility index (Phi) is 10.5. The number of para-hydroxylation sites is 1. The largest absolute Gasteiger partial charge is 0.493 e. The van der Waals surface area contributed by atoms with Crippen molar-refractivity contribution in [3.05, 3.63) is 81.2 Å². The number of rotatable bonds is 15. The van der Waals surface area contributed by atoms with E-state index in [2.05, 4.69) is 10.3 Å². The smallest absolute Gasteiger partial charge is 0.338 e. The molecule has 3 rings (SSSR count). The van der Waals surface area contributed by atoms with E-state index in [4.69, 9.17) is 9.47 Å². The molecule has 0 fully saturated rings. The lowest BCUT2D eigenvalue weighted by molar-refractivity contribution is -0.384. The van der Waals surface area contributed by atoms with Gasteiger partial charge in [-0.2, -0.15) is 0 Å². The van der Waals surface area contributed by atoms with Crippen molar-refractivity contribution in [3.63, 3.8) is 0 Å². The number of aryl methyl sites for hydroxylation is 2. The predicted octanol–water partition coefficient (Wildman–Crippen LogP) is 3.86. The van der Waals surface area contributed by atoms with Crippen LogP contribution in [0.15, 0.2) is 48.5 Å². The third kappa shape index (κ3) is 7.74. The molecule has 3 aromatic rings. The lowest BCUT2D eigenvalue weighted by atomic mass is 9.91. The molecule has 1 atom stereocenters. The van der Waals surface area contributed by atoms with E-state index in [1.807, 2.05) is 18.2 Å². The fourth-order valence-electron chi connectivity index (χ4n) is 4.17. The molecule has 0 aliphatic carbocycles. The average molecular weight is 554 g/mol. The van der Waals surface area contributed by atoms with Gasteiger partial charge in [0.05, 0.1) is 34.0 Å². The van der Waals surface area contributed by atoms with Crippen LogP contribution in [-0.4, -0.2) is 69.6 Å². The van der Waals surface area contributed by atoms with Crippen molar-refractivity contribution in [1.29, 1.82) is 0 Å². The van der Waals surface area contributed by atoms with Crippen molar-refractivity contribution in [3.8, 4) is 22.6 Å². The Hall–Kier alpha value is -4.55. The first-order valence-corrected chi connectivity index (χ1v) is 12.6. The number of carboxylic acid groups (broad SMARTS) is 2. The van der Waals surface area contributed by atoms with Crippen molar-refractivity contribution < 1.29 is 39.3 Å². The Morgan fingerprint density at radius 2 is 1.65 bits per heavy atom. The molecule has 40 heavy (non-hydrogen) atoms. The van der Waals surface area contributed by atoms with E-state index in [1.165, 1.54) is 26.0 Å². The number of nitrogens with zero attached hydrogens (tertiary/aromatic N) is 2. The van der Waals surface area contributed by atoms with E-state index >= 15 is 0 Å². The Morgan fingerprint density at radius 1 is 1.00 bits per heavy atom. The van der Waals surface area contributed by atoms with Crippen LogP contribution in [0.3, 0.4) is 0 Å². The van der Waals surface area contributed by atoms with Crippen LogP contribution in [0, 0.1) is 24.0 Å². The number of unbranched alkanes of at least 4 members (excludes halogenated alkanes) is 1. The number of hydrogen-bond donors (Lipinski definition) is 4. The normalized spacial score (nSPS) is 11.6. The highest BCUT2D eigenvalue weighted by Crippen LogP contribution is 2.39. The number of nitro benzene ring substituents is 1. The summed E-state index contributed by atoms with van der Waals surface area (Å²) in [4.78, 5) is 39.1. The molecule has 0 radical (unpaired) electrons. The molecule has 2 aromatic carbocycles. The maximum absolute atomic E-state index is 12.1. The molecule has 0 spiro atoms. The van der Waals surface area contributed by atoms with Crippen molar-refractivity contribution >= 4 is 17.6 Å². The number of nitro groups is 1. The van der Waals surface area contributed by atoms with E-state index in [1.54, 1.807) is 12.1 Å². The van der Waals surface area contributed by atoms with Gasteiger partial charge in [0.2, 0.25) is 0 Å². The summed E-state index contributed by atoms with van der Waals surface area (Å²) in [5.41, 5.74) is -1.15. The summed E-state index contributed by atoms with van der Waals surface area (Å²) in [6.07, 6.45) is 0.535. The van der Waals surface area contributed by atoms with Crippen LogP contribution in [0.25, 0.3) is 11.1 Å². The molecule has 1 aromatic heterocycles. The summed E-state index contributed by atoms with van der Waals surface area (Å²) in [6, 6.07) is 12.8. The Labute approximate surface area is 230 Å². The van der Waals surface area contributed by atoms with Crippen molar-refractivity contribution in [2.45, 2.75) is 32.8 Å². The molecule has 12 nitrogen and oxygen atoms in total. The highest BCUT2D eigenvalue weighted by molar-refractivity contribution is 6.07. The number of non-ortho nitro benzene ring substituents is 1. The first kappa shape index (κ1) is 30.0. The van der Waals surface area contributed by atoms with E-state index in [-0.39, 0.29) is 58.3 Å². The Morgan fingerprint density at radius 3 is 2.25 bits per heavy atom. The highest BCUT2D eigenvalue weighted by Gasteiger charge is 2.29. The predicted molar refractivity (Wildman–Crippen MR) is 145 cm³/mol. The van der Waals surface area contributed by atoms with E-state index in [9.17, 15) is 35.0 Å². The molecule has 1 heterocycles. The number of nitrogens with one attached hydrogen (secondary N) is 1. The average Bonchev–Trinajstić information content (AvgIpc) is 2.91. The summed E-state index contributed by atoms with van der Waals surface area (Å²) in [5, 5.41) is 44.4. The highest BCUT2D eigenvalue weighted by atomic mass is 16.6. The molecular formula is C28H31N3O9. The van der Waals surface area contributed by atoms with Crippen molar-refractivity contribution in [1.82, 2.24) is 10.3 Å². The number of aromatic carboxylic acids is 2. The maximum atomic E-state index is 12.1. The van der Waals surface area contributed by atoms with Gasteiger partial charge in [0, 0.05) is 29.8 Å². The first-order valence-electron chi connectivity index (χ1n) is 12.6. The number of ether oxygens (including phenoxy) is 2. The Bertz CT molecular complexity index is 1320. The van der Waals surface area contributed by atoms with Crippen LogP contribution in [0.5, 0.6) is 11.5 Å². The molecule has 12 heteroatoms. The van der Waals surface area contributed by atoms with Gasteiger partial charge in [0.1, 0.15) is 24.2 Å². The number of aliphatic hydroxyl groups is 1. The minimum absolute atomic E-state index is 0.0164. The molecule has 0 aliphatic rings. The molecular weight excluding hydrogens is 522 g/mol. The fraction of sp³-hybridized carbons (Fsp3) is 0.321. The lowest BCUT2D eigenvalue weighted by Gasteiger charge is -2.18. The van der Waals surface area contributed by atoms with Gasteiger partial charge in [-0.1, -0.05) is 18.2 Å². The number of benzene rings is 2. The van der Waals surface area contributed by atoms with Crippen LogP contribution in [0.4, 0.5) is 5.69 Å². The Balaban J connectivity index is 1.67. The zero-order chi connectivity index (χ0) is 29.2. The quantitative estimate of drug-likeness (QED) is 0.122. The second kappa shape index (κ2) is 14.0. The number of aromatic nitrogens is 1. The summed E-state index contributed by atoms with van der Waals surface area (Å²) >= 11 is 0. The number of carboxylic acids is 2. The first-order chi connectivity index (χ1) is 19.1. The van der Waals surface area contributed by atoms with Crippen LogP contribution in [0.2, 0.25) is 0 Å². The second-order valence-corrected chi connectivity index (χ2v) is 8.99. The summed E-state index contributed by atoms with van der Waals surface area (Å²) in [6.45, 7) is 4.10. The van der Waals surface area contributed by atoms with Crippen molar-refractivity contribution in [2.75, 3.05) is 26.3 Å². The van der Waals surface area contributed by atoms with Gasteiger partial charge in [-0.05, 0) is 51.4 Å². The van der Waals surface area contributed by atoms with Crippen LogP contribution >= 0.6 is 0 Å². The molecule has 0 saturated carbocycles. The fourth-order valence-corrected chi connectivity index (χ4v) is 4.17. The second-order valence-electron chi connectivity index (χ2n) is 8.99. The van der Waals surface area contributed by atoms with Gasteiger partial charge in [-0.3, -0.25) is 15.1 Å². The molecule has 212 valence electrons. The van der Waals surface area contributed by atoms with Crippen LogP contribution < -0.4 is 14.8 Å². The van der Waals surface area contributed by atoms with E-state index < -0.39 is 23.0 Å². The van der Waals surface area contributed by atoms with E-state index in [0.29, 0.717) is 31.7 Å². The van der Waals surface area contributed by atoms with Crippen LogP contribution in [0.1, 0.15) is 44.9 Å². The third-order valence-electron chi connectivity index (χ3n) is 6.00. The van der Waals surface area contributed by atoms with Gasteiger partial charge in [-0.15, -0.1) is 0 Å². The molecule has 0 aliphatic heterocycles. The molecule has 0 saturated heterocycles. The van der Waals surface area contributed by atoms with Gasteiger partial charge < -0.3 is 30.1 Å². The number of pyridine rings is 1. The topological polar surface area (TPSA) is 181 Å². The number of hydrogen-bond acceptors (Lipinski definition) is 9. The molecule has 0 amide bonds. The van der Waals surface area contributed by atoms with Gasteiger partial charge in [0.25, 0.3) is 5.69 Å². The zero-order valence-electron chi connectivity index (χ0n) is 22.1.